The van der Waals surface area contributed by atoms with Crippen LogP contribution in [0.25, 0.3) is 0 Å². The van der Waals surface area contributed by atoms with Gasteiger partial charge in [0.15, 0.2) is 0 Å². The summed E-state index contributed by atoms with van der Waals surface area (Å²) in [5.41, 5.74) is -1.84. The first-order valence-corrected chi connectivity index (χ1v) is 1.82. The lowest BCUT2D eigenvalue weighted by Crippen LogP contribution is -2.28. The molecular formula is C4H2O4. The highest BCUT2D eigenvalue weighted by atomic mass is 16.3. The maximum atomic E-state index is 10.3. The molecule has 4 nitrogen and oxygen atoms in total. The van der Waals surface area contributed by atoms with Crippen LogP contribution in [0.5, 0.6) is 11.5 Å². The Kier molecular flexibility index (Phi) is 0.390. The first-order chi connectivity index (χ1) is 4.72. The molecule has 0 unspecified atom stereocenters. The molecule has 0 aliphatic carbocycles. The minimum absolute atomic E-state index is 0.500. The summed E-state index contributed by atoms with van der Waals surface area (Å²) in [6.07, 6.45) is 0. The summed E-state index contributed by atoms with van der Waals surface area (Å²) < 4.78 is 12.4. The molecule has 0 saturated carbocycles. The molecule has 0 aromatic heterocycles. The van der Waals surface area contributed by atoms with Gasteiger partial charge in [0.25, 0.3) is 13.7 Å². The van der Waals surface area contributed by atoms with Crippen molar-refractivity contribution in [2.24, 2.45) is 0 Å². The van der Waals surface area contributed by atoms with Gasteiger partial charge in [0.2, 0.25) is 11.5 Å². The standard InChI is InChI=1S/C4H2O4/c5-1-2(6)4(8)3(1)7/h5-6H/i/hD2. The first-order valence-electron chi connectivity index (χ1n) is 2.63. The molecule has 0 radical (unpaired) electrons. The summed E-state index contributed by atoms with van der Waals surface area (Å²) in [5, 5.41) is 7.37. The monoisotopic (exact) mass is 116 g/mol. The summed E-state index contributed by atoms with van der Waals surface area (Å²) in [6.45, 7) is 0. The van der Waals surface area contributed by atoms with Crippen LogP contribution in [0.1, 0.15) is 0 Å². The fourth-order valence-electron chi connectivity index (χ4n) is 0.350. The van der Waals surface area contributed by atoms with Crippen LogP contribution in [-0.2, 0) is 0 Å². The van der Waals surface area contributed by atoms with Crippen molar-refractivity contribution in [3.63, 3.8) is 0 Å². The quantitative estimate of drug-likeness (QED) is 0.470. The molecule has 8 heavy (non-hydrogen) atoms. The summed E-state index contributed by atoms with van der Waals surface area (Å²) in [4.78, 5) is 20.7. The molecule has 2 N–H and O–H groups in total. The third kappa shape index (κ3) is 0.294. The zero-order valence-electron chi connectivity index (χ0n) is 5.63. The Morgan fingerprint density at radius 1 is 1.12 bits per heavy atom. The predicted molar refractivity (Wildman–Crippen MR) is 24.7 cm³/mol. The van der Waals surface area contributed by atoms with Crippen molar-refractivity contribution in [3.8, 4) is 11.5 Å². The highest BCUT2D eigenvalue weighted by Gasteiger charge is 2.17. The molecule has 0 amide bonds. The summed E-state index contributed by atoms with van der Waals surface area (Å²) >= 11 is 0. The van der Waals surface area contributed by atoms with Crippen molar-refractivity contribution in [3.05, 3.63) is 20.4 Å². The fraction of sp³-hybridized carbons (Fsp3) is 0. The van der Waals surface area contributed by atoms with Crippen LogP contribution in [0, 0.1) is 0 Å². The second-order valence-electron chi connectivity index (χ2n) is 1.32. The van der Waals surface area contributed by atoms with E-state index in [4.69, 9.17) is 2.86 Å². The topological polar surface area (TPSA) is 74.6 Å². The van der Waals surface area contributed by atoms with Crippen LogP contribution < -0.4 is 10.9 Å². The van der Waals surface area contributed by atoms with Crippen molar-refractivity contribution in [2.45, 2.75) is 0 Å². The molecule has 0 saturated heterocycles. The van der Waals surface area contributed by atoms with E-state index in [1.54, 1.807) is 0 Å². The van der Waals surface area contributed by atoms with Gasteiger partial charge in [0.1, 0.15) is 0 Å². The Morgan fingerprint density at radius 3 is 1.75 bits per heavy atom. The molecule has 42 valence electrons. The molecule has 0 aliphatic rings. The Balaban J connectivity index is 3.16. The molecule has 0 atom stereocenters. The Labute approximate surface area is 46.3 Å². The molecule has 4 heteroatoms. The summed E-state index contributed by atoms with van der Waals surface area (Å²) in [5.74, 6) is -1.000. The van der Waals surface area contributed by atoms with E-state index in [0.29, 0.717) is 0 Å². The Hall–Kier alpha value is -1.32. The van der Waals surface area contributed by atoms with Gasteiger partial charge in [0, 0.05) is 0 Å². The zero-order valence-corrected chi connectivity index (χ0v) is 3.63. The normalized spacial score (nSPS) is 12.5. The average molecular weight is 116 g/mol. The Bertz CT molecular complexity index is 279. The van der Waals surface area contributed by atoms with Crippen molar-refractivity contribution in [1.82, 2.24) is 0 Å². The molecule has 0 aliphatic heterocycles. The molecule has 0 bridgehead atoms. The highest BCUT2D eigenvalue weighted by Crippen LogP contribution is 2.13. The molecule has 1 aromatic carbocycles. The minimum Gasteiger partial charge on any atom is -0.501 e. The zero-order chi connectivity index (χ0) is 7.72. The van der Waals surface area contributed by atoms with Crippen molar-refractivity contribution in [1.29, 1.82) is 2.86 Å². The van der Waals surface area contributed by atoms with E-state index in [1.165, 1.54) is 0 Å². The SMILES string of the molecule is [2H]Oc1c(O[2H])c(=O)c1=O. The maximum absolute atomic E-state index is 10.3. The molecule has 0 heterocycles. The number of aromatic hydroxyl groups is 2. The van der Waals surface area contributed by atoms with Crippen molar-refractivity contribution >= 4 is 0 Å². The number of rotatable bonds is 2. The predicted octanol–water partition coefficient (Wildman–Crippen LogP) is -1.31. The molecule has 1 rings (SSSR count). The van der Waals surface area contributed by atoms with E-state index in [9.17, 15) is 9.59 Å². The van der Waals surface area contributed by atoms with Crippen LogP contribution in [0.4, 0.5) is 0 Å². The summed E-state index contributed by atoms with van der Waals surface area (Å²) in [6, 6.07) is 0. The lowest BCUT2D eigenvalue weighted by molar-refractivity contribution is 0.384. The van der Waals surface area contributed by atoms with Crippen molar-refractivity contribution < 1.29 is 10.2 Å². The van der Waals surface area contributed by atoms with E-state index >= 15 is 0 Å². The first kappa shape index (κ1) is 2.86. The van der Waals surface area contributed by atoms with Crippen LogP contribution in [0.3, 0.4) is 0 Å². The van der Waals surface area contributed by atoms with Crippen LogP contribution >= 0.6 is 0 Å². The summed E-state index contributed by atoms with van der Waals surface area (Å²) in [7, 11) is 0. The number of hydrogen-bond acceptors (Lipinski definition) is 4. The van der Waals surface area contributed by atoms with E-state index in [0.717, 1.165) is 0 Å². The van der Waals surface area contributed by atoms with Crippen LogP contribution in [0.15, 0.2) is 9.59 Å². The second kappa shape index (κ2) is 1.09. The minimum atomic E-state index is -0.919. The van der Waals surface area contributed by atoms with Gasteiger partial charge in [-0.1, -0.05) is 0 Å². The van der Waals surface area contributed by atoms with E-state index in [1.807, 2.05) is 0 Å². The second-order valence-corrected chi connectivity index (χ2v) is 1.32. The van der Waals surface area contributed by atoms with Crippen molar-refractivity contribution in [2.75, 3.05) is 0 Å². The average Bonchev–Trinajstić information content (AvgIpc) is 1.97. The van der Waals surface area contributed by atoms with Gasteiger partial charge in [-0.15, -0.1) is 0 Å². The van der Waals surface area contributed by atoms with Gasteiger partial charge in [-0.2, -0.15) is 0 Å². The maximum Gasteiger partial charge on any atom is 0.293 e. The van der Waals surface area contributed by atoms with E-state index in [-0.39, 0.29) is 0 Å². The molecule has 0 spiro atoms. The molecule has 0 fully saturated rings. The van der Waals surface area contributed by atoms with E-state index < -0.39 is 22.4 Å². The van der Waals surface area contributed by atoms with Crippen LogP contribution in [-0.4, -0.2) is 13.1 Å². The van der Waals surface area contributed by atoms with E-state index in [2.05, 4.69) is 10.2 Å². The van der Waals surface area contributed by atoms with Gasteiger partial charge in [-0.05, 0) is 0 Å². The smallest absolute Gasteiger partial charge is 0.293 e. The Morgan fingerprint density at radius 2 is 1.50 bits per heavy atom. The lowest BCUT2D eigenvalue weighted by Gasteiger charge is -1.92. The number of hydrogen-bond donors (Lipinski definition) is 2. The molecule has 1 aromatic rings. The van der Waals surface area contributed by atoms with Crippen LogP contribution in [0.2, 0.25) is 0 Å². The third-order valence-corrected chi connectivity index (χ3v) is 0.825. The third-order valence-electron chi connectivity index (χ3n) is 0.825. The highest BCUT2D eigenvalue weighted by molar-refractivity contribution is 5.42. The van der Waals surface area contributed by atoms with Gasteiger partial charge in [-0.25, -0.2) is 0 Å². The lowest BCUT2D eigenvalue weighted by atomic mass is 10.2. The van der Waals surface area contributed by atoms with Gasteiger partial charge in [0.05, 0.1) is 0 Å². The van der Waals surface area contributed by atoms with Gasteiger partial charge >= 0.3 is 0 Å². The fourth-order valence-corrected chi connectivity index (χ4v) is 0.350. The largest absolute Gasteiger partial charge is 0.501 e. The van der Waals surface area contributed by atoms with Gasteiger partial charge in [-0.3, -0.25) is 9.59 Å². The molecular weight excluding hydrogens is 112 g/mol. The van der Waals surface area contributed by atoms with Gasteiger partial charge < -0.3 is 10.2 Å².